The lowest BCUT2D eigenvalue weighted by molar-refractivity contribution is 0.0692. The predicted octanol–water partition coefficient (Wildman–Crippen LogP) is 2.45. The van der Waals surface area contributed by atoms with Crippen LogP contribution in [0.15, 0.2) is 18.6 Å². The Kier molecular flexibility index (Phi) is 6.45. The molecule has 11 heteroatoms. The molecule has 2 aromatic rings. The Labute approximate surface area is 179 Å². The van der Waals surface area contributed by atoms with Crippen LogP contribution in [-0.2, 0) is 16.5 Å². The van der Waals surface area contributed by atoms with E-state index in [-0.39, 0.29) is 24.3 Å². The molecule has 0 saturated carbocycles. The molecule has 158 valence electrons. The Morgan fingerprint density at radius 2 is 2.00 bits per heavy atom. The minimum absolute atomic E-state index is 0.0146. The number of anilines is 3. The Morgan fingerprint density at radius 3 is 2.72 bits per heavy atom. The summed E-state index contributed by atoms with van der Waals surface area (Å²) in [6.45, 7) is 5.58. The number of aromatic nitrogens is 4. The Bertz CT molecular complexity index is 836. The summed E-state index contributed by atoms with van der Waals surface area (Å²) in [7, 11) is 1.85. The van der Waals surface area contributed by atoms with Crippen LogP contribution in [0.25, 0.3) is 0 Å². The molecule has 0 spiro atoms. The summed E-state index contributed by atoms with van der Waals surface area (Å²) in [6.07, 6.45) is 5.09. The average Bonchev–Trinajstić information content (AvgIpc) is 3.37. The fraction of sp³-hybridized carbons (Fsp3) is 0.611. The van der Waals surface area contributed by atoms with Gasteiger partial charge in [-0.1, -0.05) is 37.4 Å². The minimum atomic E-state index is -0.0482. The molecule has 0 amide bonds. The second-order valence-electron chi connectivity index (χ2n) is 7.69. The van der Waals surface area contributed by atoms with Crippen molar-refractivity contribution in [3.8, 4) is 0 Å². The quantitative estimate of drug-likeness (QED) is 0.535. The van der Waals surface area contributed by atoms with Crippen LogP contribution in [0.5, 0.6) is 0 Å². The van der Waals surface area contributed by atoms with E-state index in [1.807, 2.05) is 13.2 Å². The summed E-state index contributed by atoms with van der Waals surface area (Å²) in [4.78, 5) is 8.75. The van der Waals surface area contributed by atoms with Crippen molar-refractivity contribution in [2.45, 2.75) is 38.1 Å². The first kappa shape index (κ1) is 20.7. The van der Waals surface area contributed by atoms with Gasteiger partial charge in [0.25, 0.3) is 0 Å². The molecular weight excluding hydrogens is 414 g/mol. The molecule has 29 heavy (non-hydrogen) atoms. The van der Waals surface area contributed by atoms with Gasteiger partial charge in [-0.15, -0.1) is 0 Å². The maximum absolute atomic E-state index is 6.32. The minimum Gasteiger partial charge on any atom is -0.371 e. The van der Waals surface area contributed by atoms with E-state index < -0.39 is 0 Å². The van der Waals surface area contributed by atoms with Gasteiger partial charge >= 0.3 is 0 Å². The molecule has 0 aliphatic carbocycles. The molecule has 0 aromatic carbocycles. The van der Waals surface area contributed by atoms with Crippen LogP contribution in [0.2, 0.25) is 5.02 Å². The zero-order valence-electron chi connectivity index (χ0n) is 16.6. The molecule has 4 unspecified atom stereocenters. The highest BCUT2D eigenvalue weighted by molar-refractivity contribution is 7.97. The van der Waals surface area contributed by atoms with Crippen LogP contribution in [-0.4, -0.2) is 63.0 Å². The first-order valence-electron chi connectivity index (χ1n) is 9.65. The summed E-state index contributed by atoms with van der Waals surface area (Å²) < 4.78 is 17.2. The van der Waals surface area contributed by atoms with Gasteiger partial charge in [-0.25, -0.2) is 4.98 Å². The van der Waals surface area contributed by atoms with Crippen molar-refractivity contribution in [1.82, 2.24) is 24.5 Å². The van der Waals surface area contributed by atoms with Gasteiger partial charge in [0.15, 0.2) is 5.82 Å². The lowest BCUT2D eigenvalue weighted by Crippen LogP contribution is -2.40. The molecular formula is C18H26ClN7O2S. The fourth-order valence-corrected chi connectivity index (χ4v) is 4.36. The summed E-state index contributed by atoms with van der Waals surface area (Å²) in [5.41, 5.74) is 0.803. The Morgan fingerprint density at radius 1 is 1.24 bits per heavy atom. The van der Waals surface area contributed by atoms with Crippen molar-refractivity contribution in [2.24, 2.45) is 13.0 Å². The highest BCUT2D eigenvalue weighted by Crippen LogP contribution is 2.31. The van der Waals surface area contributed by atoms with Gasteiger partial charge in [0.2, 0.25) is 5.95 Å². The van der Waals surface area contributed by atoms with Gasteiger partial charge in [-0.3, -0.25) is 9.40 Å². The van der Waals surface area contributed by atoms with Crippen LogP contribution in [0.4, 0.5) is 17.5 Å². The summed E-state index contributed by atoms with van der Waals surface area (Å²) in [5.74, 6) is 2.69. The highest BCUT2D eigenvalue weighted by atomic mass is 35.5. The second kappa shape index (κ2) is 9.05. The number of nitrogens with one attached hydrogen (secondary N) is 3. The number of nitrogens with zero attached hydrogens (tertiary/aromatic N) is 4. The molecule has 2 aliphatic rings. The number of hydrogen-bond acceptors (Lipinski definition) is 9. The van der Waals surface area contributed by atoms with Crippen molar-refractivity contribution in [3.05, 3.63) is 23.6 Å². The molecule has 9 nitrogen and oxygen atoms in total. The van der Waals surface area contributed by atoms with E-state index in [1.54, 1.807) is 29.0 Å². The molecule has 3 N–H and O–H groups in total. The van der Waals surface area contributed by atoms with Gasteiger partial charge in [-0.05, 0) is 5.92 Å². The average molecular weight is 440 g/mol. The zero-order valence-corrected chi connectivity index (χ0v) is 18.2. The van der Waals surface area contributed by atoms with Crippen LogP contribution in [0.1, 0.15) is 13.8 Å². The third kappa shape index (κ3) is 4.95. The van der Waals surface area contributed by atoms with Crippen molar-refractivity contribution in [2.75, 3.05) is 29.6 Å². The van der Waals surface area contributed by atoms with E-state index in [0.717, 1.165) is 11.4 Å². The smallest absolute Gasteiger partial charge is 0.229 e. The molecule has 2 saturated heterocycles. The lowest BCUT2D eigenvalue weighted by atomic mass is 10.1. The molecule has 2 fully saturated rings. The first-order chi connectivity index (χ1) is 14.0. The van der Waals surface area contributed by atoms with Gasteiger partial charge in [0.05, 0.1) is 43.4 Å². The van der Waals surface area contributed by atoms with Crippen molar-refractivity contribution >= 4 is 41.0 Å². The Hall–Kier alpha value is -1.59. The van der Waals surface area contributed by atoms with E-state index in [1.165, 1.54) is 0 Å². The first-order valence-corrected chi connectivity index (χ1v) is 11.0. The van der Waals surface area contributed by atoms with E-state index in [4.69, 9.17) is 21.1 Å². The SMILES string of the molecule is CC(C)CSNC1COC2C(Nc3nc(Nc4cnn(C)c4)ncc3Cl)COC12. The van der Waals surface area contributed by atoms with E-state index >= 15 is 0 Å². The topological polar surface area (TPSA) is 98.2 Å². The monoisotopic (exact) mass is 439 g/mol. The number of rotatable bonds is 8. The van der Waals surface area contributed by atoms with Crippen molar-refractivity contribution < 1.29 is 9.47 Å². The zero-order chi connectivity index (χ0) is 20.4. The summed E-state index contributed by atoms with van der Waals surface area (Å²) in [6, 6.07) is 0.153. The molecule has 0 bridgehead atoms. The van der Waals surface area contributed by atoms with Crippen molar-refractivity contribution in [3.63, 3.8) is 0 Å². The van der Waals surface area contributed by atoms with Gasteiger partial charge in [-0.2, -0.15) is 10.1 Å². The van der Waals surface area contributed by atoms with E-state index in [0.29, 0.717) is 35.9 Å². The number of halogens is 1. The fourth-order valence-electron chi connectivity index (χ4n) is 3.36. The highest BCUT2D eigenvalue weighted by Gasteiger charge is 2.47. The van der Waals surface area contributed by atoms with Gasteiger partial charge < -0.3 is 20.1 Å². The molecule has 4 rings (SSSR count). The number of fused-ring (bicyclic) bond motifs is 1. The van der Waals surface area contributed by atoms with E-state index in [2.05, 4.69) is 44.3 Å². The largest absolute Gasteiger partial charge is 0.371 e. The second-order valence-corrected chi connectivity index (χ2v) is 8.96. The van der Waals surface area contributed by atoms with Gasteiger partial charge in [0.1, 0.15) is 17.2 Å². The van der Waals surface area contributed by atoms with Crippen molar-refractivity contribution in [1.29, 1.82) is 0 Å². The third-order valence-corrected chi connectivity index (χ3v) is 6.31. The van der Waals surface area contributed by atoms with Crippen LogP contribution in [0.3, 0.4) is 0 Å². The number of aryl methyl sites for hydroxylation is 1. The third-order valence-electron chi connectivity index (χ3n) is 4.73. The number of hydrogen-bond donors (Lipinski definition) is 3. The van der Waals surface area contributed by atoms with Crippen LogP contribution in [0, 0.1) is 5.92 Å². The predicted molar refractivity (Wildman–Crippen MR) is 115 cm³/mol. The summed E-state index contributed by atoms with van der Waals surface area (Å²) >= 11 is 8.05. The lowest BCUT2D eigenvalue weighted by Gasteiger charge is -2.19. The van der Waals surface area contributed by atoms with E-state index in [9.17, 15) is 0 Å². The Balaban J connectivity index is 1.38. The molecule has 4 heterocycles. The normalized spacial score (nSPS) is 26.1. The van der Waals surface area contributed by atoms with Gasteiger partial charge in [0, 0.05) is 19.0 Å². The standard InChI is InChI=1S/C18H26ClN7O2S/c1-10(2)9-29-25-14-8-28-15-13(7-27-16(14)15)23-17-12(19)5-20-18(24-17)22-11-4-21-26(3)6-11/h4-6,10,13-16,25H,7-9H2,1-3H3,(H2,20,22,23,24). The van der Waals surface area contributed by atoms with Crippen LogP contribution < -0.4 is 15.4 Å². The maximum Gasteiger partial charge on any atom is 0.229 e. The molecule has 4 atom stereocenters. The van der Waals surface area contributed by atoms with Crippen LogP contribution >= 0.6 is 23.5 Å². The molecule has 2 aromatic heterocycles. The number of ether oxygens (including phenoxy) is 2. The molecule has 0 radical (unpaired) electrons. The maximum atomic E-state index is 6.32. The molecule has 2 aliphatic heterocycles. The summed E-state index contributed by atoms with van der Waals surface area (Å²) in [5, 5.41) is 11.1.